The summed E-state index contributed by atoms with van der Waals surface area (Å²) in [4.78, 5) is 14.3. The van der Waals surface area contributed by atoms with Gasteiger partial charge in [0.05, 0.1) is 12.1 Å². The van der Waals surface area contributed by atoms with Crippen LogP contribution in [0.4, 0.5) is 5.69 Å². The fourth-order valence-electron chi connectivity index (χ4n) is 2.70. The second-order valence-electron chi connectivity index (χ2n) is 6.47. The molecule has 0 bridgehead atoms. The van der Waals surface area contributed by atoms with Crippen molar-refractivity contribution in [3.8, 4) is 0 Å². The van der Waals surface area contributed by atoms with Gasteiger partial charge in [-0.05, 0) is 69.8 Å². The van der Waals surface area contributed by atoms with Gasteiger partial charge in [0.2, 0.25) is 5.91 Å². The number of hydrogen-bond donors (Lipinski definition) is 2. The fraction of sp³-hybridized carbons (Fsp3) is 0.588. The van der Waals surface area contributed by atoms with E-state index in [1.807, 2.05) is 32.0 Å². The molecule has 116 valence electrons. The van der Waals surface area contributed by atoms with Gasteiger partial charge in [-0.3, -0.25) is 9.69 Å². The first-order valence-electron chi connectivity index (χ1n) is 7.68. The Labute approximate surface area is 127 Å². The lowest BCUT2D eigenvalue weighted by atomic mass is 9.98. The number of nitrogens with one attached hydrogen (secondary N) is 1. The van der Waals surface area contributed by atoms with Crippen molar-refractivity contribution in [2.75, 3.05) is 25.0 Å². The zero-order valence-electron chi connectivity index (χ0n) is 13.3. The van der Waals surface area contributed by atoms with E-state index in [1.165, 1.54) is 11.1 Å². The first kappa shape index (κ1) is 16.0. The summed E-state index contributed by atoms with van der Waals surface area (Å²) in [5.41, 5.74) is 2.67. The van der Waals surface area contributed by atoms with Gasteiger partial charge in [-0.15, -0.1) is 0 Å². The third kappa shape index (κ3) is 4.83. The fourth-order valence-corrected chi connectivity index (χ4v) is 2.70. The van der Waals surface area contributed by atoms with Crippen molar-refractivity contribution in [1.82, 2.24) is 4.90 Å². The smallest absolute Gasteiger partial charge is 0.238 e. The second-order valence-corrected chi connectivity index (χ2v) is 6.47. The lowest BCUT2D eigenvalue weighted by molar-refractivity contribution is -0.117. The Kier molecular flexibility index (Phi) is 5.01. The molecule has 1 aromatic rings. The Morgan fingerprint density at radius 3 is 2.76 bits per heavy atom. The van der Waals surface area contributed by atoms with Gasteiger partial charge in [0.25, 0.3) is 0 Å². The van der Waals surface area contributed by atoms with Gasteiger partial charge in [-0.25, -0.2) is 0 Å². The highest BCUT2D eigenvalue weighted by molar-refractivity contribution is 5.92. The molecule has 21 heavy (non-hydrogen) atoms. The van der Waals surface area contributed by atoms with Crippen LogP contribution in [-0.4, -0.2) is 41.1 Å². The van der Waals surface area contributed by atoms with E-state index in [-0.39, 0.29) is 5.91 Å². The summed E-state index contributed by atoms with van der Waals surface area (Å²) in [6, 6.07) is 5.96. The molecule has 1 amide bonds. The average Bonchev–Trinajstić information content (AvgIpc) is 2.55. The molecule has 1 aliphatic heterocycles. The summed E-state index contributed by atoms with van der Waals surface area (Å²) in [6.45, 7) is 8.02. The molecule has 0 spiro atoms. The standard InChI is InChI=1S/C17H26N2O2/c1-13-5-6-15(11-14(13)2)18-16(20)12-19-9-4-7-17(3,21)8-10-19/h5-6,11,21H,4,7-10,12H2,1-3H3,(H,18,20). The third-order valence-corrected chi connectivity index (χ3v) is 4.31. The highest BCUT2D eigenvalue weighted by Crippen LogP contribution is 2.21. The van der Waals surface area contributed by atoms with Gasteiger partial charge in [-0.1, -0.05) is 6.07 Å². The first-order chi connectivity index (χ1) is 9.85. The minimum atomic E-state index is -0.584. The maximum atomic E-state index is 12.1. The summed E-state index contributed by atoms with van der Waals surface area (Å²) in [5, 5.41) is 13.0. The van der Waals surface area contributed by atoms with Gasteiger partial charge in [-0.2, -0.15) is 0 Å². The number of carbonyl (C=O) groups is 1. The maximum Gasteiger partial charge on any atom is 0.238 e. The molecule has 4 heteroatoms. The Morgan fingerprint density at radius 2 is 2.05 bits per heavy atom. The van der Waals surface area contributed by atoms with Crippen LogP contribution in [0.15, 0.2) is 18.2 Å². The number of anilines is 1. The number of likely N-dealkylation sites (tertiary alicyclic amines) is 1. The summed E-state index contributed by atoms with van der Waals surface area (Å²) in [7, 11) is 0. The van der Waals surface area contributed by atoms with Crippen molar-refractivity contribution in [1.29, 1.82) is 0 Å². The summed E-state index contributed by atoms with van der Waals surface area (Å²) >= 11 is 0. The molecular formula is C17H26N2O2. The van der Waals surface area contributed by atoms with E-state index in [0.717, 1.165) is 38.0 Å². The zero-order valence-corrected chi connectivity index (χ0v) is 13.3. The van der Waals surface area contributed by atoms with Gasteiger partial charge in [0.1, 0.15) is 0 Å². The number of amides is 1. The van der Waals surface area contributed by atoms with Crippen molar-refractivity contribution in [2.24, 2.45) is 0 Å². The van der Waals surface area contributed by atoms with E-state index < -0.39 is 5.60 Å². The average molecular weight is 290 g/mol. The SMILES string of the molecule is Cc1ccc(NC(=O)CN2CCCC(C)(O)CC2)cc1C. The first-order valence-corrected chi connectivity index (χ1v) is 7.68. The monoisotopic (exact) mass is 290 g/mol. The largest absolute Gasteiger partial charge is 0.390 e. The van der Waals surface area contributed by atoms with Crippen molar-refractivity contribution in [3.05, 3.63) is 29.3 Å². The minimum absolute atomic E-state index is 0.0137. The number of rotatable bonds is 3. The quantitative estimate of drug-likeness (QED) is 0.899. The Hall–Kier alpha value is -1.39. The van der Waals surface area contributed by atoms with Crippen LogP contribution in [0.25, 0.3) is 0 Å². The van der Waals surface area contributed by atoms with Gasteiger partial charge < -0.3 is 10.4 Å². The van der Waals surface area contributed by atoms with Crippen LogP contribution in [0.1, 0.15) is 37.3 Å². The minimum Gasteiger partial charge on any atom is -0.390 e. The third-order valence-electron chi connectivity index (χ3n) is 4.31. The Morgan fingerprint density at radius 1 is 1.29 bits per heavy atom. The van der Waals surface area contributed by atoms with Crippen molar-refractivity contribution in [3.63, 3.8) is 0 Å². The van der Waals surface area contributed by atoms with Crippen LogP contribution in [-0.2, 0) is 4.79 Å². The van der Waals surface area contributed by atoms with Gasteiger partial charge in [0, 0.05) is 12.2 Å². The van der Waals surface area contributed by atoms with E-state index in [9.17, 15) is 9.90 Å². The molecule has 2 rings (SSSR count). The van der Waals surface area contributed by atoms with Crippen molar-refractivity contribution < 1.29 is 9.90 Å². The molecule has 2 N–H and O–H groups in total. The second kappa shape index (κ2) is 6.58. The topological polar surface area (TPSA) is 52.6 Å². The van der Waals surface area contributed by atoms with Crippen molar-refractivity contribution >= 4 is 11.6 Å². The molecule has 1 aliphatic rings. The molecule has 0 saturated carbocycles. The van der Waals surface area contributed by atoms with E-state index in [4.69, 9.17) is 0 Å². The van der Waals surface area contributed by atoms with Crippen LogP contribution in [0.5, 0.6) is 0 Å². The van der Waals surface area contributed by atoms with Crippen LogP contribution in [0, 0.1) is 13.8 Å². The number of nitrogens with zero attached hydrogens (tertiary/aromatic N) is 1. The van der Waals surface area contributed by atoms with Crippen LogP contribution < -0.4 is 5.32 Å². The molecule has 0 radical (unpaired) electrons. The molecular weight excluding hydrogens is 264 g/mol. The van der Waals surface area contributed by atoms with E-state index in [2.05, 4.69) is 17.1 Å². The molecule has 1 atom stereocenters. The highest BCUT2D eigenvalue weighted by atomic mass is 16.3. The molecule has 1 aromatic carbocycles. The van der Waals surface area contributed by atoms with Gasteiger partial charge in [0.15, 0.2) is 0 Å². The normalized spacial score (nSPS) is 23.6. The molecule has 4 nitrogen and oxygen atoms in total. The number of aryl methyl sites for hydroxylation is 2. The van der Waals surface area contributed by atoms with E-state index in [0.29, 0.717) is 6.54 Å². The Balaban J connectivity index is 1.88. The molecule has 1 fully saturated rings. The zero-order chi connectivity index (χ0) is 15.5. The summed E-state index contributed by atoms with van der Waals surface area (Å²) < 4.78 is 0. The lowest BCUT2D eigenvalue weighted by Gasteiger charge is -2.22. The predicted octanol–water partition coefficient (Wildman–Crippen LogP) is 2.48. The number of aliphatic hydroxyl groups is 1. The molecule has 0 aliphatic carbocycles. The van der Waals surface area contributed by atoms with E-state index >= 15 is 0 Å². The van der Waals surface area contributed by atoms with E-state index in [1.54, 1.807) is 0 Å². The molecule has 0 aromatic heterocycles. The molecule has 1 heterocycles. The van der Waals surface area contributed by atoms with Crippen LogP contribution in [0.2, 0.25) is 0 Å². The highest BCUT2D eigenvalue weighted by Gasteiger charge is 2.25. The number of carbonyl (C=O) groups excluding carboxylic acids is 1. The summed E-state index contributed by atoms with van der Waals surface area (Å²) in [6.07, 6.45) is 2.47. The number of hydrogen-bond acceptors (Lipinski definition) is 3. The lowest BCUT2D eigenvalue weighted by Crippen LogP contribution is -2.35. The maximum absolute atomic E-state index is 12.1. The Bertz CT molecular complexity index is 512. The van der Waals surface area contributed by atoms with Crippen molar-refractivity contribution in [2.45, 2.75) is 45.6 Å². The van der Waals surface area contributed by atoms with Crippen LogP contribution in [0.3, 0.4) is 0 Å². The predicted molar refractivity (Wildman–Crippen MR) is 85.5 cm³/mol. The summed E-state index contributed by atoms with van der Waals surface area (Å²) in [5.74, 6) is 0.0137. The van der Waals surface area contributed by atoms with Crippen LogP contribution >= 0.6 is 0 Å². The van der Waals surface area contributed by atoms with Gasteiger partial charge >= 0.3 is 0 Å². The number of benzene rings is 1. The molecule has 1 unspecified atom stereocenters. The molecule has 1 saturated heterocycles.